The van der Waals surface area contributed by atoms with Crippen molar-refractivity contribution in [1.29, 1.82) is 0 Å². The molecule has 0 aromatic heterocycles. The Kier molecular flexibility index (Phi) is 1.70. The Bertz CT molecular complexity index is 205. The van der Waals surface area contributed by atoms with Crippen LogP contribution in [0.25, 0.3) is 0 Å². The Balaban J connectivity index is 2.76. The minimum atomic E-state index is -1.74. The van der Waals surface area contributed by atoms with Gasteiger partial charge in [0.25, 0.3) is 0 Å². The van der Waals surface area contributed by atoms with Gasteiger partial charge in [-0.25, -0.2) is 4.39 Å². The molecule has 1 nitrogen and oxygen atoms in total. The molecule has 0 N–H and O–H groups in total. The van der Waals surface area contributed by atoms with Crippen molar-refractivity contribution < 1.29 is 9.18 Å². The van der Waals surface area contributed by atoms with Crippen LogP contribution >= 0.6 is 0 Å². The van der Waals surface area contributed by atoms with Gasteiger partial charge in [-0.05, 0) is 13.0 Å². The number of carbonyl (C=O) groups is 1. The molecule has 54 valence electrons. The highest BCUT2D eigenvalue weighted by Crippen LogP contribution is 2.22. The molecule has 0 spiro atoms. The first-order chi connectivity index (χ1) is 4.66. The quantitative estimate of drug-likeness (QED) is 0.507. The fraction of sp³-hybridized carbons (Fsp3) is 0.375. The molecule has 0 amide bonds. The Morgan fingerprint density at radius 3 is 2.90 bits per heavy atom. The lowest BCUT2D eigenvalue weighted by molar-refractivity contribution is -0.115. The predicted molar refractivity (Wildman–Crippen MR) is 37.4 cm³/mol. The van der Waals surface area contributed by atoms with Crippen LogP contribution in [0.2, 0.25) is 0 Å². The van der Waals surface area contributed by atoms with Crippen molar-refractivity contribution in [2.45, 2.75) is 19.0 Å². The zero-order valence-corrected chi connectivity index (χ0v) is 5.80. The molecule has 1 unspecified atom stereocenters. The molecule has 0 aromatic carbocycles. The van der Waals surface area contributed by atoms with E-state index in [2.05, 4.69) is 0 Å². The summed E-state index contributed by atoms with van der Waals surface area (Å²) >= 11 is 0. The van der Waals surface area contributed by atoms with Crippen molar-refractivity contribution in [2.75, 3.05) is 0 Å². The van der Waals surface area contributed by atoms with Crippen molar-refractivity contribution >= 4 is 6.29 Å². The van der Waals surface area contributed by atoms with Gasteiger partial charge in [-0.3, -0.25) is 4.79 Å². The predicted octanol–water partition coefficient (Wildman–Crippen LogP) is 1.80. The van der Waals surface area contributed by atoms with Gasteiger partial charge >= 0.3 is 0 Å². The highest BCUT2D eigenvalue weighted by Gasteiger charge is 2.25. The van der Waals surface area contributed by atoms with Gasteiger partial charge in [0, 0.05) is 6.42 Å². The summed E-state index contributed by atoms with van der Waals surface area (Å²) in [5.41, 5.74) is -0.727. The lowest BCUT2D eigenvalue weighted by Gasteiger charge is -2.15. The third-order valence-electron chi connectivity index (χ3n) is 1.56. The number of hydrogen-bond donors (Lipinski definition) is 0. The molecule has 0 fully saturated rings. The van der Waals surface area contributed by atoms with Crippen LogP contribution in [0.3, 0.4) is 0 Å². The molecule has 2 heteroatoms. The Morgan fingerprint density at radius 1 is 1.80 bits per heavy atom. The van der Waals surface area contributed by atoms with Gasteiger partial charge in [0.05, 0.1) is 0 Å². The van der Waals surface area contributed by atoms with E-state index in [1.165, 1.54) is 6.08 Å². The Labute approximate surface area is 59.2 Å². The third kappa shape index (κ3) is 1.32. The fourth-order valence-electron chi connectivity index (χ4n) is 0.811. The molecule has 0 aliphatic heterocycles. The molecule has 0 saturated heterocycles. The topological polar surface area (TPSA) is 17.1 Å². The standard InChI is InChI=1S/C8H9FO/c1-7-2-4-8(9,6-10)5-3-7/h2-4,6H,5H2,1H3. The average Bonchev–Trinajstić information content (AvgIpc) is 1.96. The van der Waals surface area contributed by atoms with Gasteiger partial charge in [0.1, 0.15) is 0 Å². The van der Waals surface area contributed by atoms with Crippen LogP contribution in [-0.4, -0.2) is 12.0 Å². The maximum absolute atomic E-state index is 13.0. The van der Waals surface area contributed by atoms with E-state index in [1.54, 1.807) is 12.2 Å². The Morgan fingerprint density at radius 2 is 2.50 bits per heavy atom. The van der Waals surface area contributed by atoms with Gasteiger partial charge in [-0.2, -0.15) is 0 Å². The molecule has 1 aliphatic rings. The second-order valence-electron chi connectivity index (χ2n) is 2.53. The number of halogens is 1. The van der Waals surface area contributed by atoms with Gasteiger partial charge in [0.15, 0.2) is 12.0 Å². The lowest BCUT2D eigenvalue weighted by Crippen LogP contribution is -2.22. The summed E-state index contributed by atoms with van der Waals surface area (Å²) < 4.78 is 13.0. The van der Waals surface area contributed by atoms with Crippen LogP contribution in [0.1, 0.15) is 13.3 Å². The van der Waals surface area contributed by atoms with Crippen LogP contribution in [0.5, 0.6) is 0 Å². The maximum atomic E-state index is 13.0. The Hall–Kier alpha value is -0.920. The fourth-order valence-corrected chi connectivity index (χ4v) is 0.811. The summed E-state index contributed by atoms with van der Waals surface area (Å²) in [4.78, 5) is 10.1. The summed E-state index contributed by atoms with van der Waals surface area (Å²) in [6.07, 6.45) is 5.16. The maximum Gasteiger partial charge on any atom is 0.187 e. The van der Waals surface area contributed by atoms with Crippen LogP contribution in [0.4, 0.5) is 4.39 Å². The molecule has 1 aliphatic carbocycles. The first-order valence-corrected chi connectivity index (χ1v) is 3.17. The second-order valence-corrected chi connectivity index (χ2v) is 2.53. The monoisotopic (exact) mass is 140 g/mol. The summed E-state index contributed by atoms with van der Waals surface area (Å²) in [5.74, 6) is 0. The van der Waals surface area contributed by atoms with E-state index in [1.807, 2.05) is 6.92 Å². The van der Waals surface area contributed by atoms with Gasteiger partial charge in [0.2, 0.25) is 0 Å². The van der Waals surface area contributed by atoms with Crippen LogP contribution < -0.4 is 0 Å². The summed E-state index contributed by atoms with van der Waals surface area (Å²) in [6, 6.07) is 0. The van der Waals surface area contributed by atoms with E-state index in [0.717, 1.165) is 5.57 Å². The molecular formula is C8H9FO. The first-order valence-electron chi connectivity index (χ1n) is 3.17. The molecule has 10 heavy (non-hydrogen) atoms. The highest BCUT2D eigenvalue weighted by molar-refractivity contribution is 5.67. The zero-order valence-electron chi connectivity index (χ0n) is 5.80. The van der Waals surface area contributed by atoms with E-state index in [-0.39, 0.29) is 6.42 Å². The van der Waals surface area contributed by atoms with Crippen LogP contribution in [-0.2, 0) is 4.79 Å². The smallest absolute Gasteiger partial charge is 0.187 e. The van der Waals surface area contributed by atoms with Crippen molar-refractivity contribution in [3.05, 3.63) is 23.8 Å². The number of rotatable bonds is 1. The van der Waals surface area contributed by atoms with Gasteiger partial charge in [-0.15, -0.1) is 0 Å². The van der Waals surface area contributed by atoms with Gasteiger partial charge < -0.3 is 0 Å². The summed E-state index contributed by atoms with van der Waals surface area (Å²) in [6.45, 7) is 1.88. The number of alkyl halides is 1. The van der Waals surface area contributed by atoms with E-state index >= 15 is 0 Å². The molecule has 0 radical (unpaired) electrons. The van der Waals surface area contributed by atoms with Crippen molar-refractivity contribution in [3.63, 3.8) is 0 Å². The van der Waals surface area contributed by atoms with Gasteiger partial charge in [-0.1, -0.05) is 17.7 Å². The summed E-state index contributed by atoms with van der Waals surface area (Å²) in [7, 11) is 0. The number of carbonyl (C=O) groups excluding carboxylic acids is 1. The van der Waals surface area contributed by atoms with Crippen molar-refractivity contribution in [3.8, 4) is 0 Å². The highest BCUT2D eigenvalue weighted by atomic mass is 19.1. The summed E-state index contributed by atoms with van der Waals surface area (Å²) in [5, 5.41) is 0. The van der Waals surface area contributed by atoms with Crippen LogP contribution in [0.15, 0.2) is 23.8 Å². The largest absolute Gasteiger partial charge is 0.299 e. The number of hydrogen-bond acceptors (Lipinski definition) is 1. The molecular weight excluding hydrogens is 131 g/mol. The molecule has 1 atom stereocenters. The van der Waals surface area contributed by atoms with E-state index in [4.69, 9.17) is 0 Å². The van der Waals surface area contributed by atoms with E-state index in [0.29, 0.717) is 6.29 Å². The minimum Gasteiger partial charge on any atom is -0.299 e. The number of allylic oxidation sites excluding steroid dienone is 4. The molecule has 0 saturated carbocycles. The second kappa shape index (κ2) is 2.37. The SMILES string of the molecule is CC1=CCC(F)(C=O)C=C1. The normalized spacial score (nSPS) is 31.6. The van der Waals surface area contributed by atoms with E-state index < -0.39 is 5.67 Å². The molecule has 0 heterocycles. The minimum absolute atomic E-state index is 0.179. The van der Waals surface area contributed by atoms with Crippen molar-refractivity contribution in [1.82, 2.24) is 0 Å². The lowest BCUT2D eigenvalue weighted by atomic mass is 9.96. The third-order valence-corrected chi connectivity index (χ3v) is 1.56. The average molecular weight is 140 g/mol. The van der Waals surface area contributed by atoms with Crippen LogP contribution in [0, 0.1) is 0 Å². The number of aldehydes is 1. The molecule has 0 aromatic rings. The zero-order chi connectivity index (χ0) is 7.61. The molecule has 0 bridgehead atoms. The van der Waals surface area contributed by atoms with Crippen molar-refractivity contribution in [2.24, 2.45) is 0 Å². The van der Waals surface area contributed by atoms with E-state index in [9.17, 15) is 9.18 Å². The molecule has 1 rings (SSSR count). The first kappa shape index (κ1) is 7.19.